The number of para-hydroxylation sites is 1. The molecule has 0 saturated carbocycles. The Kier molecular flexibility index (Phi) is 6.44. The first-order chi connectivity index (χ1) is 24.2. The van der Waals surface area contributed by atoms with Crippen molar-refractivity contribution in [1.82, 2.24) is 14.5 Å². The second-order valence-electron chi connectivity index (χ2n) is 12.4. The average molecular weight is 662 g/mol. The summed E-state index contributed by atoms with van der Waals surface area (Å²) in [5.41, 5.74) is 11.3. The van der Waals surface area contributed by atoms with Gasteiger partial charge in [-0.1, -0.05) is 119 Å². The molecule has 7 aromatic carbocycles. The molecule has 2 aromatic heterocycles. The van der Waals surface area contributed by atoms with Gasteiger partial charge >= 0.3 is 0 Å². The summed E-state index contributed by atoms with van der Waals surface area (Å²) in [6.45, 7) is 0. The molecule has 0 spiro atoms. The smallest absolute Gasteiger partial charge is 0.234 e. The standard InChI is InChI=1S/C44H27N3S2/c48-49-41-20-19-30-15-7-8-16-35(30)43(41)38-24-40-37(25-42(38)49)36-17-9-10-18-39(36)47(40)44-45-26-34(27-46-44)33-22-31(28-11-3-1-4-12-28)21-32(23-33)29-13-5-2-6-14-29/h1-27H. The van der Waals surface area contributed by atoms with Crippen LogP contribution in [0.2, 0.25) is 0 Å². The number of aromatic nitrogens is 3. The zero-order valence-electron chi connectivity index (χ0n) is 26.2. The minimum Gasteiger partial charge on any atom is -0.278 e. The lowest BCUT2D eigenvalue weighted by Crippen LogP contribution is -2.01. The zero-order chi connectivity index (χ0) is 32.5. The Hall–Kier alpha value is -5.75. The Morgan fingerprint density at radius 3 is 1.73 bits per heavy atom. The van der Waals surface area contributed by atoms with E-state index in [0.29, 0.717) is 5.95 Å². The van der Waals surface area contributed by atoms with Crippen LogP contribution in [0.3, 0.4) is 0 Å². The van der Waals surface area contributed by atoms with E-state index in [4.69, 9.17) is 21.2 Å². The zero-order valence-corrected chi connectivity index (χ0v) is 27.9. The Balaban J connectivity index is 1.15. The molecule has 5 heteroatoms. The topological polar surface area (TPSA) is 30.7 Å². The molecule has 0 fully saturated rings. The van der Waals surface area contributed by atoms with E-state index in [1.54, 1.807) is 0 Å². The summed E-state index contributed by atoms with van der Waals surface area (Å²) in [5, 5.41) is 4.82. The van der Waals surface area contributed by atoms with Gasteiger partial charge in [-0.3, -0.25) is 4.57 Å². The number of rotatable bonds is 4. The van der Waals surface area contributed by atoms with E-state index in [1.165, 1.54) is 53.6 Å². The van der Waals surface area contributed by atoms with Crippen molar-refractivity contribution in [3.8, 4) is 50.5 Å². The van der Waals surface area contributed by atoms with Gasteiger partial charge in [0, 0.05) is 44.1 Å². The summed E-state index contributed by atoms with van der Waals surface area (Å²) >= 11 is 6.20. The Labute approximate surface area is 290 Å². The highest BCUT2D eigenvalue weighted by Crippen LogP contribution is 2.48. The first-order valence-electron chi connectivity index (χ1n) is 16.3. The number of benzene rings is 7. The van der Waals surface area contributed by atoms with Crippen LogP contribution in [0.15, 0.2) is 174 Å². The molecule has 230 valence electrons. The molecule has 0 bridgehead atoms. The first kappa shape index (κ1) is 28.3. The lowest BCUT2D eigenvalue weighted by molar-refractivity contribution is 0.990. The highest BCUT2D eigenvalue weighted by atomic mass is 32.8. The van der Waals surface area contributed by atoms with E-state index >= 15 is 0 Å². The summed E-state index contributed by atoms with van der Waals surface area (Å²) < 4.78 is 2.20. The van der Waals surface area contributed by atoms with Crippen LogP contribution in [0, 0.1) is 0 Å². The molecule has 0 aliphatic carbocycles. The molecule has 0 amide bonds. The maximum Gasteiger partial charge on any atom is 0.234 e. The van der Waals surface area contributed by atoms with Crippen LogP contribution in [0.4, 0.5) is 0 Å². The molecule has 1 aliphatic rings. The van der Waals surface area contributed by atoms with Crippen molar-refractivity contribution in [2.75, 3.05) is 0 Å². The summed E-state index contributed by atoms with van der Waals surface area (Å²) in [7, 11) is -0.426. The number of fused-ring (bicyclic) bond motifs is 8. The maximum absolute atomic E-state index is 6.20. The van der Waals surface area contributed by atoms with Gasteiger partial charge in [0.15, 0.2) is 0 Å². The normalized spacial score (nSPS) is 13.6. The van der Waals surface area contributed by atoms with E-state index in [0.717, 1.165) is 33.3 Å². The second kappa shape index (κ2) is 11.2. The molecule has 3 nitrogen and oxygen atoms in total. The Morgan fingerprint density at radius 2 is 1.04 bits per heavy atom. The van der Waals surface area contributed by atoms with E-state index in [-0.39, 0.29) is 0 Å². The van der Waals surface area contributed by atoms with Crippen molar-refractivity contribution < 1.29 is 0 Å². The summed E-state index contributed by atoms with van der Waals surface area (Å²) in [4.78, 5) is 12.5. The van der Waals surface area contributed by atoms with Crippen LogP contribution in [-0.4, -0.2) is 14.5 Å². The summed E-state index contributed by atoms with van der Waals surface area (Å²) in [5.74, 6) is 0.644. The van der Waals surface area contributed by atoms with Crippen molar-refractivity contribution in [2.24, 2.45) is 0 Å². The molecular formula is C44H27N3S2. The van der Waals surface area contributed by atoms with E-state index in [2.05, 4.69) is 156 Å². The fourth-order valence-corrected chi connectivity index (χ4v) is 9.59. The summed E-state index contributed by atoms with van der Waals surface area (Å²) in [6.07, 6.45) is 3.91. The molecule has 0 N–H and O–H groups in total. The lowest BCUT2D eigenvalue weighted by atomic mass is 9.94. The van der Waals surface area contributed by atoms with Gasteiger partial charge in [0.2, 0.25) is 5.95 Å². The fraction of sp³-hybridized carbons (Fsp3) is 0. The number of nitrogens with zero attached hydrogens (tertiary/aromatic N) is 3. The molecule has 1 unspecified atom stereocenters. The average Bonchev–Trinajstić information content (AvgIpc) is 3.65. The maximum atomic E-state index is 6.20. The molecule has 1 atom stereocenters. The predicted molar refractivity (Wildman–Crippen MR) is 207 cm³/mol. The lowest BCUT2D eigenvalue weighted by Gasteiger charge is -2.12. The molecule has 9 aromatic rings. The van der Waals surface area contributed by atoms with Crippen molar-refractivity contribution in [2.45, 2.75) is 9.79 Å². The molecule has 49 heavy (non-hydrogen) atoms. The molecule has 3 heterocycles. The summed E-state index contributed by atoms with van der Waals surface area (Å²) in [6, 6.07) is 54.0. The molecule has 1 aliphatic heterocycles. The quantitative estimate of drug-likeness (QED) is 0.188. The SMILES string of the molecule is S=S1c2cc3c4ccccc4n(-c4ncc(-c5cc(-c6ccccc6)cc(-c6ccccc6)c5)cn4)c3cc2-c2c1ccc1ccccc21. The molecular weight excluding hydrogens is 635 g/mol. The largest absolute Gasteiger partial charge is 0.278 e. The predicted octanol–water partition coefficient (Wildman–Crippen LogP) is 11.2. The first-order valence-corrected chi connectivity index (χ1v) is 18.5. The van der Waals surface area contributed by atoms with Gasteiger partial charge in [-0.25, -0.2) is 9.97 Å². The van der Waals surface area contributed by atoms with Crippen molar-refractivity contribution in [3.63, 3.8) is 0 Å². The van der Waals surface area contributed by atoms with Gasteiger partial charge in [0.05, 0.1) is 11.0 Å². The minimum atomic E-state index is -0.426. The van der Waals surface area contributed by atoms with Crippen LogP contribution >= 0.6 is 0 Å². The number of hydrogen-bond acceptors (Lipinski definition) is 3. The van der Waals surface area contributed by atoms with Crippen molar-refractivity contribution in [3.05, 3.63) is 164 Å². The molecule has 10 rings (SSSR count). The van der Waals surface area contributed by atoms with E-state index < -0.39 is 9.45 Å². The number of hydrogen-bond donors (Lipinski definition) is 0. The van der Waals surface area contributed by atoms with Crippen LogP contribution in [0.25, 0.3) is 83.0 Å². The van der Waals surface area contributed by atoms with E-state index in [1.807, 2.05) is 12.4 Å². The minimum absolute atomic E-state index is 0.426. The third-order valence-corrected chi connectivity index (χ3v) is 12.2. The second-order valence-corrected chi connectivity index (χ2v) is 14.9. The van der Waals surface area contributed by atoms with E-state index in [9.17, 15) is 0 Å². The third kappa shape index (κ3) is 4.51. The molecule has 0 radical (unpaired) electrons. The van der Waals surface area contributed by atoms with Crippen LogP contribution in [0.1, 0.15) is 0 Å². The van der Waals surface area contributed by atoms with Gasteiger partial charge in [-0.2, -0.15) is 0 Å². The highest BCUT2D eigenvalue weighted by Gasteiger charge is 2.27. The monoisotopic (exact) mass is 661 g/mol. The van der Waals surface area contributed by atoms with Crippen LogP contribution in [-0.2, 0) is 20.6 Å². The fourth-order valence-electron chi connectivity index (χ4n) is 7.34. The van der Waals surface area contributed by atoms with Gasteiger partial charge in [-0.15, -0.1) is 0 Å². The van der Waals surface area contributed by atoms with Gasteiger partial charge < -0.3 is 0 Å². The van der Waals surface area contributed by atoms with Crippen LogP contribution in [0.5, 0.6) is 0 Å². The van der Waals surface area contributed by atoms with Crippen molar-refractivity contribution >= 4 is 53.2 Å². The highest BCUT2D eigenvalue weighted by molar-refractivity contribution is 8.29. The van der Waals surface area contributed by atoms with Crippen LogP contribution < -0.4 is 0 Å². The van der Waals surface area contributed by atoms with Gasteiger partial charge in [-0.05, 0) is 97.8 Å². The molecule has 0 saturated heterocycles. The van der Waals surface area contributed by atoms with Crippen molar-refractivity contribution in [1.29, 1.82) is 0 Å². The Morgan fingerprint density at radius 1 is 0.449 bits per heavy atom. The Bertz CT molecular complexity index is 2710. The van der Waals surface area contributed by atoms with Gasteiger partial charge in [0.1, 0.15) is 0 Å². The third-order valence-electron chi connectivity index (χ3n) is 9.65. The van der Waals surface area contributed by atoms with Gasteiger partial charge in [0.25, 0.3) is 0 Å².